The number of aliphatic carboxylic acids is 4. The molecule has 21 heavy (non-hydrogen) atoms. The molecule has 0 unspecified atom stereocenters. The van der Waals surface area contributed by atoms with E-state index in [1.807, 2.05) is 0 Å². The highest BCUT2D eigenvalue weighted by atomic mass is 16.4. The molecule has 0 aliphatic heterocycles. The molecule has 0 saturated carbocycles. The summed E-state index contributed by atoms with van der Waals surface area (Å²) in [6.07, 6.45) is 2.04. The molecule has 0 atom stereocenters. The van der Waals surface area contributed by atoms with Gasteiger partial charge in [0.05, 0.1) is 0 Å². The van der Waals surface area contributed by atoms with Gasteiger partial charge in [0.25, 0.3) is 0 Å². The van der Waals surface area contributed by atoms with Gasteiger partial charge in [-0.1, -0.05) is 0 Å². The Bertz CT molecular complexity index is 265. The van der Waals surface area contributed by atoms with Crippen molar-refractivity contribution in [2.24, 2.45) is 0 Å². The van der Waals surface area contributed by atoms with Crippen molar-refractivity contribution < 1.29 is 39.6 Å². The number of carbonyl (C=O) groups is 4. The highest BCUT2D eigenvalue weighted by Gasteiger charge is 1.99. The lowest BCUT2D eigenvalue weighted by atomic mass is 10.2. The summed E-state index contributed by atoms with van der Waals surface area (Å²) >= 11 is 0. The van der Waals surface area contributed by atoms with Gasteiger partial charge >= 0.3 is 23.9 Å². The first-order chi connectivity index (χ1) is 9.25. The van der Waals surface area contributed by atoms with E-state index in [1.165, 1.54) is 0 Å². The summed E-state index contributed by atoms with van der Waals surface area (Å²) in [7, 11) is 0. The van der Waals surface area contributed by atoms with E-state index in [2.05, 4.69) is 0 Å². The summed E-state index contributed by atoms with van der Waals surface area (Å²) in [4.78, 5) is 39.6. The van der Waals surface area contributed by atoms with Gasteiger partial charge in [0.2, 0.25) is 0 Å². The molecule has 0 saturated heterocycles. The van der Waals surface area contributed by atoms with E-state index in [4.69, 9.17) is 20.4 Å². The van der Waals surface area contributed by atoms with Crippen molar-refractivity contribution in [1.29, 1.82) is 0 Å². The standard InChI is InChI=1S/2C6H10O4.H3N/c2*7-5(8)3-1-2-4-6(9)10;/h2*1-4H2,(H,7,8)(H,9,10);1H3. The van der Waals surface area contributed by atoms with Crippen LogP contribution < -0.4 is 6.15 Å². The van der Waals surface area contributed by atoms with Gasteiger partial charge in [-0.05, 0) is 25.7 Å². The Hall–Kier alpha value is -2.16. The Morgan fingerprint density at radius 1 is 0.476 bits per heavy atom. The molecular formula is C12H23NO8. The summed E-state index contributed by atoms with van der Waals surface area (Å²) in [5.74, 6) is -3.48. The molecule has 0 bridgehead atoms. The molecule has 0 heterocycles. The first-order valence-corrected chi connectivity index (χ1v) is 6.13. The largest absolute Gasteiger partial charge is 0.481 e. The van der Waals surface area contributed by atoms with Crippen LogP contribution in [0.4, 0.5) is 0 Å². The van der Waals surface area contributed by atoms with Crippen molar-refractivity contribution >= 4 is 23.9 Å². The molecule has 0 aliphatic rings. The van der Waals surface area contributed by atoms with E-state index in [9.17, 15) is 19.2 Å². The maximum absolute atomic E-state index is 9.90. The van der Waals surface area contributed by atoms with Crippen molar-refractivity contribution in [3.05, 3.63) is 0 Å². The van der Waals surface area contributed by atoms with E-state index in [0.29, 0.717) is 25.7 Å². The van der Waals surface area contributed by atoms with Gasteiger partial charge in [0, 0.05) is 25.7 Å². The smallest absolute Gasteiger partial charge is 0.303 e. The maximum atomic E-state index is 9.90. The molecule has 0 aromatic rings. The van der Waals surface area contributed by atoms with Gasteiger partial charge in [-0.25, -0.2) is 0 Å². The second kappa shape index (κ2) is 15.9. The van der Waals surface area contributed by atoms with Crippen molar-refractivity contribution in [3.63, 3.8) is 0 Å². The zero-order chi connectivity index (χ0) is 16.0. The summed E-state index contributed by atoms with van der Waals surface area (Å²) in [5.41, 5.74) is 0. The zero-order valence-corrected chi connectivity index (χ0v) is 11.8. The molecule has 0 radical (unpaired) electrons. The Kier molecular flexibility index (Phi) is 18.1. The zero-order valence-electron chi connectivity index (χ0n) is 11.8. The fraction of sp³-hybridized carbons (Fsp3) is 0.667. The van der Waals surface area contributed by atoms with Gasteiger partial charge in [-0.3, -0.25) is 19.2 Å². The third-order valence-corrected chi connectivity index (χ3v) is 2.06. The normalized spacial score (nSPS) is 8.76. The maximum Gasteiger partial charge on any atom is 0.303 e. The van der Waals surface area contributed by atoms with Crippen LogP contribution in [-0.2, 0) is 19.2 Å². The Labute approximate surface area is 122 Å². The third-order valence-electron chi connectivity index (χ3n) is 2.06. The molecule has 0 aromatic heterocycles. The first kappa shape index (κ1) is 23.9. The minimum atomic E-state index is -0.870. The number of rotatable bonds is 10. The number of carboxylic acids is 4. The van der Waals surface area contributed by atoms with Crippen molar-refractivity contribution in [2.45, 2.75) is 51.4 Å². The number of carboxylic acid groups (broad SMARTS) is 4. The number of unbranched alkanes of at least 4 members (excludes halogenated alkanes) is 2. The number of hydrogen-bond donors (Lipinski definition) is 5. The molecule has 0 fully saturated rings. The van der Waals surface area contributed by atoms with E-state index >= 15 is 0 Å². The lowest BCUT2D eigenvalue weighted by molar-refractivity contribution is -0.139. The van der Waals surface area contributed by atoms with Gasteiger partial charge in [0.15, 0.2) is 0 Å². The van der Waals surface area contributed by atoms with Crippen molar-refractivity contribution in [2.75, 3.05) is 0 Å². The Morgan fingerprint density at radius 3 is 0.714 bits per heavy atom. The average molecular weight is 309 g/mol. The second-order valence-electron chi connectivity index (χ2n) is 3.99. The summed E-state index contributed by atoms with van der Waals surface area (Å²) in [5, 5.41) is 32.5. The molecule has 0 aliphatic carbocycles. The predicted octanol–water partition coefficient (Wildman–Crippen LogP) is 1.59. The van der Waals surface area contributed by atoms with E-state index < -0.39 is 23.9 Å². The molecule has 0 aromatic carbocycles. The SMILES string of the molecule is N.O=C(O)CCCCC(=O)O.O=C(O)CCCCC(=O)O. The average Bonchev–Trinajstić information content (AvgIpc) is 2.30. The topological polar surface area (TPSA) is 184 Å². The lowest BCUT2D eigenvalue weighted by Gasteiger charge is -1.92. The predicted molar refractivity (Wildman–Crippen MR) is 72.5 cm³/mol. The fourth-order valence-corrected chi connectivity index (χ4v) is 1.10. The second-order valence-corrected chi connectivity index (χ2v) is 3.99. The third kappa shape index (κ3) is 31.9. The first-order valence-electron chi connectivity index (χ1n) is 6.13. The minimum Gasteiger partial charge on any atom is -0.481 e. The van der Waals surface area contributed by atoms with Gasteiger partial charge in [0.1, 0.15) is 0 Å². The molecule has 124 valence electrons. The van der Waals surface area contributed by atoms with Crippen molar-refractivity contribution in [1.82, 2.24) is 6.15 Å². The minimum absolute atomic E-state index is 0. The molecule has 9 heteroatoms. The molecule has 0 amide bonds. The van der Waals surface area contributed by atoms with Crippen LogP contribution in [0.1, 0.15) is 51.4 Å². The summed E-state index contributed by atoms with van der Waals surface area (Å²) < 4.78 is 0. The summed E-state index contributed by atoms with van der Waals surface area (Å²) in [6, 6.07) is 0. The van der Waals surface area contributed by atoms with Crippen LogP contribution >= 0.6 is 0 Å². The molecule has 7 N–H and O–H groups in total. The van der Waals surface area contributed by atoms with Crippen LogP contribution in [0.3, 0.4) is 0 Å². The Morgan fingerprint density at radius 2 is 0.619 bits per heavy atom. The molecule has 0 spiro atoms. The molecule has 0 rings (SSSR count). The van der Waals surface area contributed by atoms with Crippen LogP contribution in [0, 0.1) is 0 Å². The van der Waals surface area contributed by atoms with Crippen LogP contribution in [0.15, 0.2) is 0 Å². The Balaban J connectivity index is -0.000000295. The van der Waals surface area contributed by atoms with E-state index in [0.717, 1.165) is 0 Å². The van der Waals surface area contributed by atoms with Gasteiger partial charge < -0.3 is 26.6 Å². The monoisotopic (exact) mass is 309 g/mol. The lowest BCUT2D eigenvalue weighted by Crippen LogP contribution is -1.97. The summed E-state index contributed by atoms with van der Waals surface area (Å²) in [6.45, 7) is 0. The van der Waals surface area contributed by atoms with E-state index in [-0.39, 0.29) is 31.8 Å². The van der Waals surface area contributed by atoms with Gasteiger partial charge in [-0.2, -0.15) is 0 Å². The highest BCUT2D eigenvalue weighted by molar-refractivity contribution is 5.68. The van der Waals surface area contributed by atoms with Crippen LogP contribution in [0.5, 0.6) is 0 Å². The van der Waals surface area contributed by atoms with Crippen LogP contribution in [-0.4, -0.2) is 44.3 Å². The molecular weight excluding hydrogens is 286 g/mol. The van der Waals surface area contributed by atoms with Gasteiger partial charge in [-0.15, -0.1) is 0 Å². The van der Waals surface area contributed by atoms with Crippen LogP contribution in [0.25, 0.3) is 0 Å². The fourth-order valence-electron chi connectivity index (χ4n) is 1.10. The highest BCUT2D eigenvalue weighted by Crippen LogP contribution is 1.99. The number of hydrogen-bond acceptors (Lipinski definition) is 5. The van der Waals surface area contributed by atoms with Crippen LogP contribution in [0.2, 0.25) is 0 Å². The van der Waals surface area contributed by atoms with E-state index in [1.54, 1.807) is 0 Å². The molecule has 9 nitrogen and oxygen atoms in total. The quantitative estimate of drug-likeness (QED) is 0.373. The van der Waals surface area contributed by atoms with Crippen molar-refractivity contribution in [3.8, 4) is 0 Å².